The van der Waals surface area contributed by atoms with Crippen LogP contribution in [0.5, 0.6) is 0 Å². The van der Waals surface area contributed by atoms with Crippen molar-refractivity contribution in [1.29, 1.82) is 0 Å². The van der Waals surface area contributed by atoms with E-state index in [1.807, 2.05) is 0 Å². The smallest absolute Gasteiger partial charge is 0.262 e. The Bertz CT molecular complexity index is 702. The van der Waals surface area contributed by atoms with Gasteiger partial charge in [0.25, 0.3) is 10.0 Å². The van der Waals surface area contributed by atoms with Crippen molar-refractivity contribution < 1.29 is 17.9 Å². The SMILES string of the molecule is Cc1ccc(CN(C)S(=O)(=O)c2n[nH]c(C)c2CO)o1. The molecule has 0 aromatic carbocycles. The Morgan fingerprint density at radius 2 is 2.10 bits per heavy atom. The number of aliphatic hydroxyl groups is 1. The van der Waals surface area contributed by atoms with Crippen molar-refractivity contribution in [1.82, 2.24) is 14.5 Å². The molecule has 0 spiro atoms. The van der Waals surface area contributed by atoms with Crippen molar-refractivity contribution in [2.24, 2.45) is 0 Å². The first-order chi connectivity index (χ1) is 9.36. The van der Waals surface area contributed by atoms with Gasteiger partial charge in [0.2, 0.25) is 0 Å². The summed E-state index contributed by atoms with van der Waals surface area (Å²) in [5.74, 6) is 1.27. The molecule has 0 unspecified atom stereocenters. The third-order valence-electron chi connectivity index (χ3n) is 3.02. The quantitative estimate of drug-likeness (QED) is 0.855. The Kier molecular flexibility index (Phi) is 3.98. The lowest BCUT2D eigenvalue weighted by Gasteiger charge is -2.15. The highest BCUT2D eigenvalue weighted by atomic mass is 32.2. The Morgan fingerprint density at radius 1 is 1.40 bits per heavy atom. The fourth-order valence-electron chi connectivity index (χ4n) is 1.85. The van der Waals surface area contributed by atoms with Gasteiger partial charge in [-0.3, -0.25) is 5.10 Å². The van der Waals surface area contributed by atoms with E-state index in [1.54, 1.807) is 26.0 Å². The molecule has 2 aromatic rings. The summed E-state index contributed by atoms with van der Waals surface area (Å²) in [5, 5.41) is 15.5. The highest BCUT2D eigenvalue weighted by Gasteiger charge is 2.28. The summed E-state index contributed by atoms with van der Waals surface area (Å²) in [6.07, 6.45) is 0. The van der Waals surface area contributed by atoms with Crippen molar-refractivity contribution in [3.05, 3.63) is 34.9 Å². The van der Waals surface area contributed by atoms with Crippen molar-refractivity contribution in [3.63, 3.8) is 0 Å². The zero-order chi connectivity index (χ0) is 14.9. The molecular weight excluding hydrogens is 282 g/mol. The number of aliphatic hydroxyl groups excluding tert-OH is 1. The fourth-order valence-corrected chi connectivity index (χ4v) is 3.13. The van der Waals surface area contributed by atoms with Crippen molar-refractivity contribution >= 4 is 10.0 Å². The van der Waals surface area contributed by atoms with Gasteiger partial charge in [0.05, 0.1) is 13.2 Å². The monoisotopic (exact) mass is 299 g/mol. The van der Waals surface area contributed by atoms with E-state index in [0.717, 1.165) is 10.1 Å². The van der Waals surface area contributed by atoms with Gasteiger partial charge in [-0.1, -0.05) is 0 Å². The van der Waals surface area contributed by atoms with Gasteiger partial charge in [0.15, 0.2) is 5.03 Å². The topological polar surface area (TPSA) is 99.4 Å². The van der Waals surface area contributed by atoms with Crippen LogP contribution in [0.3, 0.4) is 0 Å². The maximum absolute atomic E-state index is 12.4. The van der Waals surface area contributed by atoms with E-state index < -0.39 is 10.0 Å². The van der Waals surface area contributed by atoms with E-state index in [2.05, 4.69) is 10.2 Å². The highest BCUT2D eigenvalue weighted by molar-refractivity contribution is 7.89. The number of furan rings is 1. The number of aromatic amines is 1. The average Bonchev–Trinajstić information content (AvgIpc) is 2.95. The standard InChI is InChI=1S/C12H17N3O4S/c1-8-4-5-10(19-8)6-15(3)20(17,18)12-11(7-16)9(2)13-14-12/h4-5,16H,6-7H2,1-3H3,(H,13,14). The van der Waals surface area contributed by atoms with Crippen LogP contribution >= 0.6 is 0 Å². The number of rotatable bonds is 5. The van der Waals surface area contributed by atoms with Gasteiger partial charge in [-0.05, 0) is 26.0 Å². The van der Waals surface area contributed by atoms with Crippen LogP contribution in [0, 0.1) is 13.8 Å². The van der Waals surface area contributed by atoms with Crippen molar-refractivity contribution in [2.75, 3.05) is 7.05 Å². The summed E-state index contributed by atoms with van der Waals surface area (Å²) >= 11 is 0. The molecule has 0 fully saturated rings. The van der Waals surface area contributed by atoms with Crippen LogP contribution in [-0.4, -0.2) is 35.1 Å². The predicted molar refractivity (Wildman–Crippen MR) is 71.3 cm³/mol. The van der Waals surface area contributed by atoms with Crippen LogP contribution < -0.4 is 0 Å². The number of nitrogens with one attached hydrogen (secondary N) is 1. The first-order valence-electron chi connectivity index (χ1n) is 6.02. The number of hydrogen-bond donors (Lipinski definition) is 2. The van der Waals surface area contributed by atoms with E-state index in [9.17, 15) is 13.5 Å². The molecule has 2 aromatic heterocycles. The molecule has 2 rings (SSSR count). The second-order valence-corrected chi connectivity index (χ2v) is 6.52. The molecule has 0 aliphatic carbocycles. The molecule has 2 heterocycles. The minimum Gasteiger partial charge on any atom is -0.465 e. The first-order valence-corrected chi connectivity index (χ1v) is 7.46. The van der Waals surface area contributed by atoms with E-state index >= 15 is 0 Å². The summed E-state index contributed by atoms with van der Waals surface area (Å²) in [5.41, 5.74) is 0.820. The van der Waals surface area contributed by atoms with Crippen molar-refractivity contribution in [2.45, 2.75) is 32.0 Å². The van der Waals surface area contributed by atoms with Gasteiger partial charge in [-0.25, -0.2) is 8.42 Å². The maximum atomic E-state index is 12.4. The number of sulfonamides is 1. The summed E-state index contributed by atoms with van der Waals surface area (Å²) in [6.45, 7) is 3.17. The maximum Gasteiger partial charge on any atom is 0.262 e. The lowest BCUT2D eigenvalue weighted by atomic mass is 10.3. The zero-order valence-electron chi connectivity index (χ0n) is 11.5. The zero-order valence-corrected chi connectivity index (χ0v) is 12.4. The molecule has 0 atom stereocenters. The van der Waals surface area contributed by atoms with Crippen LogP contribution in [0.25, 0.3) is 0 Å². The number of hydrogen-bond acceptors (Lipinski definition) is 5. The Labute approximate surface area is 117 Å². The van der Waals surface area contributed by atoms with Gasteiger partial charge < -0.3 is 9.52 Å². The number of nitrogens with zero attached hydrogens (tertiary/aromatic N) is 2. The number of H-pyrrole nitrogens is 1. The van der Waals surface area contributed by atoms with E-state index in [-0.39, 0.29) is 23.7 Å². The summed E-state index contributed by atoms with van der Waals surface area (Å²) < 4.78 is 31.4. The summed E-state index contributed by atoms with van der Waals surface area (Å²) in [7, 11) is -2.34. The molecule has 0 saturated carbocycles. The average molecular weight is 299 g/mol. The van der Waals surface area contributed by atoms with Gasteiger partial charge in [0.1, 0.15) is 11.5 Å². The summed E-state index contributed by atoms with van der Waals surface area (Å²) in [6, 6.07) is 3.50. The molecule has 0 bridgehead atoms. The molecule has 110 valence electrons. The van der Waals surface area contributed by atoms with Crippen LogP contribution in [0.4, 0.5) is 0 Å². The number of aromatic nitrogens is 2. The Hall–Kier alpha value is -1.64. The molecule has 8 heteroatoms. The summed E-state index contributed by atoms with van der Waals surface area (Å²) in [4.78, 5) is 0. The second-order valence-electron chi connectivity index (χ2n) is 4.56. The lowest BCUT2D eigenvalue weighted by Crippen LogP contribution is -2.27. The van der Waals surface area contributed by atoms with E-state index in [1.165, 1.54) is 7.05 Å². The molecule has 20 heavy (non-hydrogen) atoms. The molecular formula is C12H17N3O4S. The van der Waals surface area contributed by atoms with Crippen LogP contribution in [0.15, 0.2) is 21.6 Å². The fraction of sp³-hybridized carbons (Fsp3) is 0.417. The minimum atomic E-state index is -3.78. The Balaban J connectivity index is 2.29. The molecule has 0 aliphatic rings. The van der Waals surface area contributed by atoms with Gasteiger partial charge in [-0.15, -0.1) is 0 Å². The first kappa shape index (κ1) is 14.8. The molecule has 0 radical (unpaired) electrons. The third kappa shape index (κ3) is 2.62. The van der Waals surface area contributed by atoms with E-state index in [0.29, 0.717) is 11.5 Å². The van der Waals surface area contributed by atoms with Gasteiger partial charge >= 0.3 is 0 Å². The number of aryl methyl sites for hydroxylation is 2. The molecule has 0 amide bonds. The lowest BCUT2D eigenvalue weighted by molar-refractivity contribution is 0.277. The normalized spacial score (nSPS) is 12.2. The van der Waals surface area contributed by atoms with Crippen LogP contribution in [-0.2, 0) is 23.2 Å². The Morgan fingerprint density at radius 3 is 2.65 bits per heavy atom. The molecule has 7 nitrogen and oxygen atoms in total. The second kappa shape index (κ2) is 5.39. The van der Waals surface area contributed by atoms with E-state index in [4.69, 9.17) is 4.42 Å². The molecule has 0 aliphatic heterocycles. The molecule has 2 N–H and O–H groups in total. The predicted octanol–water partition coefficient (Wildman–Crippen LogP) is 0.933. The highest BCUT2D eigenvalue weighted by Crippen LogP contribution is 2.21. The molecule has 0 saturated heterocycles. The van der Waals surface area contributed by atoms with Crippen molar-refractivity contribution in [3.8, 4) is 0 Å². The largest absolute Gasteiger partial charge is 0.465 e. The third-order valence-corrected chi connectivity index (χ3v) is 4.80. The van der Waals surface area contributed by atoms with Crippen LogP contribution in [0.1, 0.15) is 22.8 Å². The van der Waals surface area contributed by atoms with Crippen LogP contribution in [0.2, 0.25) is 0 Å². The van der Waals surface area contributed by atoms with Gasteiger partial charge in [0, 0.05) is 18.3 Å². The van der Waals surface area contributed by atoms with Gasteiger partial charge in [-0.2, -0.15) is 9.40 Å². The minimum absolute atomic E-state index is 0.104.